The molecule has 0 saturated carbocycles. The number of aliphatic hydroxyl groups excluding tert-OH is 6. The first-order chi connectivity index (χ1) is 29.8. The van der Waals surface area contributed by atoms with Crippen LogP contribution in [-0.2, 0) is 47.5 Å². The van der Waals surface area contributed by atoms with Crippen molar-refractivity contribution in [1.82, 2.24) is 31.9 Å². The molecule has 26 nitrogen and oxygen atoms in total. The highest BCUT2D eigenvalue weighted by molar-refractivity contribution is 5.70. The number of aliphatic hydroxyl groups is 6. The second-order valence-electron chi connectivity index (χ2n) is 12.9. The van der Waals surface area contributed by atoms with Crippen molar-refractivity contribution in [2.45, 2.75) is 58.9 Å². The van der Waals surface area contributed by atoms with E-state index in [0.717, 1.165) is 0 Å². The Morgan fingerprint density at radius 1 is 0.556 bits per heavy atom. The average Bonchev–Trinajstić information content (AvgIpc) is 3.29. The van der Waals surface area contributed by atoms with Crippen LogP contribution in [0.4, 0.5) is 19.2 Å². The molecule has 0 saturated heterocycles. The zero-order valence-electron chi connectivity index (χ0n) is 39.0. The molecule has 12 N–H and O–H groups in total. The number of esters is 2. The van der Waals surface area contributed by atoms with E-state index in [4.69, 9.17) is 35.0 Å². The highest BCUT2D eigenvalue weighted by atomic mass is 16.6. The Kier molecular flexibility index (Phi) is 58.0. The van der Waals surface area contributed by atoms with Gasteiger partial charge in [-0.15, -0.1) is 0 Å². The Balaban J connectivity index is -0.000000161. The van der Waals surface area contributed by atoms with Gasteiger partial charge in [0.15, 0.2) is 0 Å². The van der Waals surface area contributed by atoms with Gasteiger partial charge in [0.2, 0.25) is 0 Å². The summed E-state index contributed by atoms with van der Waals surface area (Å²) >= 11 is 0. The molecule has 1 atom stereocenters. The number of rotatable bonds is 24. The molecule has 0 aromatic heterocycles. The predicted molar refractivity (Wildman–Crippen MR) is 227 cm³/mol. The van der Waals surface area contributed by atoms with E-state index in [1.54, 1.807) is 14.2 Å². The topological polar surface area (TPSA) is 370 Å². The van der Waals surface area contributed by atoms with E-state index in [2.05, 4.69) is 55.0 Å². The van der Waals surface area contributed by atoms with Crippen LogP contribution in [-0.4, -0.2) is 209 Å². The van der Waals surface area contributed by atoms with Crippen molar-refractivity contribution >= 4 is 36.3 Å². The third-order valence-electron chi connectivity index (χ3n) is 7.09. The number of hydrogen-bond acceptors (Lipinski definition) is 22. The minimum absolute atomic E-state index is 0.00208. The fourth-order valence-electron chi connectivity index (χ4n) is 3.35. The number of alkyl carbamates (subject to hydrolysis) is 4. The van der Waals surface area contributed by atoms with E-state index in [0.29, 0.717) is 58.8 Å². The highest BCUT2D eigenvalue weighted by Gasteiger charge is 2.30. The Bertz CT molecular complexity index is 1080. The Labute approximate surface area is 371 Å². The van der Waals surface area contributed by atoms with Gasteiger partial charge in [0.1, 0.15) is 6.73 Å². The summed E-state index contributed by atoms with van der Waals surface area (Å²) in [5.74, 6) is -0.543. The monoisotopic (exact) mass is 929 g/mol. The molecule has 0 radical (unpaired) electrons. The smallest absolute Gasteiger partial charge is 0.408 e. The molecule has 63 heavy (non-hydrogen) atoms. The lowest BCUT2D eigenvalue weighted by molar-refractivity contribution is -0.143. The van der Waals surface area contributed by atoms with Crippen LogP contribution < -0.4 is 31.9 Å². The zero-order chi connectivity index (χ0) is 50.0. The van der Waals surface area contributed by atoms with Crippen molar-refractivity contribution < 1.29 is 97.3 Å². The molecule has 0 aromatic carbocycles. The first-order valence-electron chi connectivity index (χ1n) is 19.3. The fraction of sp³-hybridized carbons (Fsp3) is 0.838. The Morgan fingerprint density at radius 2 is 1.02 bits per heavy atom. The lowest BCUT2D eigenvalue weighted by atomic mass is 9.88. The second kappa shape index (κ2) is 52.0. The molecule has 0 aromatic rings. The molecular weight excluding hydrogens is 848 g/mol. The zero-order valence-corrected chi connectivity index (χ0v) is 39.0. The summed E-state index contributed by atoms with van der Waals surface area (Å²) in [6, 6.07) is -0.188. The van der Waals surface area contributed by atoms with Crippen LogP contribution in [0.2, 0.25) is 0 Å². The van der Waals surface area contributed by atoms with Gasteiger partial charge < -0.3 is 84.5 Å². The maximum absolute atomic E-state index is 11.1. The van der Waals surface area contributed by atoms with Crippen molar-refractivity contribution in [3.63, 3.8) is 0 Å². The number of carbonyl (C=O) groups excluding carboxylic acids is 6. The van der Waals surface area contributed by atoms with E-state index in [1.165, 1.54) is 42.7 Å². The van der Waals surface area contributed by atoms with Crippen LogP contribution in [0, 0.1) is 10.8 Å². The van der Waals surface area contributed by atoms with Gasteiger partial charge in [-0.2, -0.15) is 0 Å². The molecule has 378 valence electrons. The highest BCUT2D eigenvalue weighted by Crippen LogP contribution is 2.19. The van der Waals surface area contributed by atoms with Crippen LogP contribution >= 0.6 is 0 Å². The molecule has 0 aliphatic rings. The molecule has 1 unspecified atom stereocenters. The third-order valence-corrected chi connectivity index (χ3v) is 7.09. The molecule has 0 heterocycles. The van der Waals surface area contributed by atoms with Gasteiger partial charge in [-0.1, -0.05) is 20.8 Å². The van der Waals surface area contributed by atoms with E-state index < -0.39 is 29.8 Å². The lowest BCUT2D eigenvalue weighted by Gasteiger charge is -2.32. The van der Waals surface area contributed by atoms with Crippen molar-refractivity contribution in [3.05, 3.63) is 0 Å². The van der Waals surface area contributed by atoms with E-state index in [-0.39, 0.29) is 76.1 Å². The van der Waals surface area contributed by atoms with Gasteiger partial charge in [0.05, 0.1) is 81.8 Å². The average molecular weight is 929 g/mol. The summed E-state index contributed by atoms with van der Waals surface area (Å²) in [5.41, 5.74) is -0.918. The fourth-order valence-corrected chi connectivity index (χ4v) is 3.35. The third kappa shape index (κ3) is 55.6. The SMILES string of the molecule is CCC(CO)NC(=O)OC.COC(=O)CC(C)(C)CO.COC(=O)CCCO.COC(=O)NCCCO.COC(=O)NCO.COCNCC(CO)(CNCOC)CNC(=O)OC. The number of hydrogen-bond donors (Lipinski definition) is 12. The van der Waals surface area contributed by atoms with Crippen molar-refractivity contribution in [2.24, 2.45) is 10.8 Å². The number of ether oxygens (including phenoxy) is 8. The first-order valence-corrected chi connectivity index (χ1v) is 19.3. The minimum atomic E-state index is -0.623. The number of carbonyl (C=O) groups is 6. The molecule has 0 fully saturated rings. The maximum Gasteiger partial charge on any atom is 0.408 e. The molecule has 0 spiro atoms. The number of methoxy groups -OCH3 is 8. The van der Waals surface area contributed by atoms with E-state index in [9.17, 15) is 33.9 Å². The van der Waals surface area contributed by atoms with E-state index >= 15 is 0 Å². The quantitative estimate of drug-likeness (QED) is 0.0223. The van der Waals surface area contributed by atoms with Crippen LogP contribution in [0.1, 0.15) is 52.9 Å². The predicted octanol–water partition coefficient (Wildman–Crippen LogP) is -1.66. The van der Waals surface area contributed by atoms with Crippen LogP contribution in [0.5, 0.6) is 0 Å². The van der Waals surface area contributed by atoms with Crippen LogP contribution in [0.25, 0.3) is 0 Å². The van der Waals surface area contributed by atoms with Gasteiger partial charge in [0.25, 0.3) is 0 Å². The summed E-state index contributed by atoms with van der Waals surface area (Å²) in [7, 11) is 10.9. The summed E-state index contributed by atoms with van der Waals surface area (Å²) in [4.78, 5) is 62.7. The van der Waals surface area contributed by atoms with Crippen LogP contribution in [0.3, 0.4) is 0 Å². The molecule has 4 amide bonds. The summed E-state index contributed by atoms with van der Waals surface area (Å²) < 4.78 is 35.7. The van der Waals surface area contributed by atoms with Gasteiger partial charge in [-0.3, -0.25) is 25.5 Å². The molecular formula is C37H80N6O20. The molecule has 0 rings (SSSR count). The summed E-state index contributed by atoms with van der Waals surface area (Å²) in [6.45, 7) is 7.49. The van der Waals surface area contributed by atoms with Crippen molar-refractivity contribution in [3.8, 4) is 0 Å². The van der Waals surface area contributed by atoms with E-state index in [1.807, 2.05) is 26.1 Å². The number of amides is 4. The van der Waals surface area contributed by atoms with Gasteiger partial charge in [-0.25, -0.2) is 19.2 Å². The minimum Gasteiger partial charge on any atom is -0.469 e. The second-order valence-corrected chi connectivity index (χ2v) is 12.9. The van der Waals surface area contributed by atoms with Gasteiger partial charge >= 0.3 is 36.3 Å². The molecule has 0 aliphatic carbocycles. The summed E-state index contributed by atoms with van der Waals surface area (Å²) in [6.07, 6.45) is 0.226. The maximum atomic E-state index is 11.1. The van der Waals surface area contributed by atoms with Gasteiger partial charge in [0, 0.05) is 72.1 Å². The lowest BCUT2D eigenvalue weighted by Crippen LogP contribution is -2.52. The van der Waals surface area contributed by atoms with Gasteiger partial charge in [-0.05, 0) is 24.7 Å². The number of nitrogens with one attached hydrogen (secondary N) is 6. The summed E-state index contributed by atoms with van der Waals surface area (Å²) in [5, 5.41) is 66.9. The van der Waals surface area contributed by atoms with Crippen molar-refractivity contribution in [1.29, 1.82) is 0 Å². The van der Waals surface area contributed by atoms with Crippen molar-refractivity contribution in [2.75, 3.05) is 136 Å². The molecule has 0 aliphatic heterocycles. The Hall–Kier alpha value is -4.38. The largest absolute Gasteiger partial charge is 0.469 e. The van der Waals surface area contributed by atoms with Crippen LogP contribution in [0.15, 0.2) is 0 Å². The molecule has 0 bridgehead atoms. The normalized spacial score (nSPS) is 10.4. The molecule has 26 heteroatoms. The first kappa shape index (κ1) is 70.3. The Morgan fingerprint density at radius 3 is 1.35 bits per heavy atom. The standard InChI is InChI=1S/C11H25N3O5.C7H14O3.C6H13NO3.C5H11NO3.C5H10O3.C3H7NO3/c1-17-8-12-4-11(7-15,5-13-9-18-2)6-14-10(16)19-3;1-7(2,5-8)4-6(9)10-3;1-3-5(4-8)7-6(9)10-2;1-9-5(8)6-3-2-4-7;1-8-5(7)3-2-4-6;1-7-3(6)4-2-5/h12-13,15H,4-9H2,1-3H3,(H,14,16);8H,4-5H2,1-3H3;5,8H,3-4H2,1-2H3,(H,7,9);7H,2-4H2,1H3,(H,6,8);6H,2-4H2,1H3;5H,2H2,1H3,(H,4,6).